The highest BCUT2D eigenvalue weighted by molar-refractivity contribution is 5.70. The van der Waals surface area contributed by atoms with Gasteiger partial charge < -0.3 is 29.2 Å². The number of methoxy groups -OCH3 is 1. The molecule has 270 valence electrons. The van der Waals surface area contributed by atoms with Crippen LogP contribution in [0.15, 0.2) is 35.4 Å². The first-order valence-corrected chi connectivity index (χ1v) is 16.9. The van der Waals surface area contributed by atoms with E-state index >= 15 is 8.78 Å². The minimum Gasteiger partial charge on any atom is -0.467 e. The van der Waals surface area contributed by atoms with Crippen molar-refractivity contribution >= 4 is 5.97 Å². The third kappa shape index (κ3) is 6.01. The van der Waals surface area contributed by atoms with E-state index in [2.05, 4.69) is 16.6 Å². The lowest BCUT2D eigenvalue weighted by Gasteiger charge is -2.59. The Kier molecular flexibility index (Phi) is 9.09. The molecule has 6 atom stereocenters. The van der Waals surface area contributed by atoms with Crippen LogP contribution in [0, 0.1) is 34.5 Å². The van der Waals surface area contributed by atoms with Crippen molar-refractivity contribution in [3.8, 4) is 11.8 Å². The molecular weight excluding hydrogens is 651 g/mol. The molecule has 0 radical (unpaired) electrons. The van der Waals surface area contributed by atoms with E-state index in [1.807, 2.05) is 13.8 Å². The van der Waals surface area contributed by atoms with Crippen LogP contribution in [0.1, 0.15) is 89.2 Å². The maximum Gasteiger partial charge on any atom is 0.456 e. The molecule has 3 saturated carbocycles. The van der Waals surface area contributed by atoms with Crippen LogP contribution in [-0.4, -0.2) is 78.8 Å². The predicted octanol–water partition coefficient (Wildman–Crippen LogP) is 6.45. The van der Waals surface area contributed by atoms with Crippen molar-refractivity contribution in [3.63, 3.8) is 0 Å². The van der Waals surface area contributed by atoms with E-state index in [9.17, 15) is 28.2 Å². The number of benzene rings is 1. The number of hydrogen-bond donors (Lipinski definition) is 2. The second-order valence-corrected chi connectivity index (χ2v) is 15.7. The second kappa shape index (κ2) is 12.3. The third-order valence-electron chi connectivity index (χ3n) is 12.1. The molecule has 1 aromatic rings. The monoisotopic (exact) mass is 696 g/mol. The predicted molar refractivity (Wildman–Crippen MR) is 167 cm³/mol. The van der Waals surface area contributed by atoms with Crippen LogP contribution in [0.3, 0.4) is 0 Å². The largest absolute Gasteiger partial charge is 0.467 e. The number of aliphatic hydroxyl groups is 2. The molecular formula is C37H45F5O7. The average molecular weight is 697 g/mol. The molecule has 0 bridgehead atoms. The van der Waals surface area contributed by atoms with Crippen molar-refractivity contribution in [1.29, 1.82) is 0 Å². The molecule has 2 N–H and O–H groups in total. The van der Waals surface area contributed by atoms with Gasteiger partial charge in [0.15, 0.2) is 5.79 Å². The van der Waals surface area contributed by atoms with Crippen molar-refractivity contribution in [3.05, 3.63) is 46.5 Å². The topological polar surface area (TPSA) is 94.5 Å². The number of ether oxygens (including phenoxy) is 4. The number of rotatable bonds is 5. The van der Waals surface area contributed by atoms with Gasteiger partial charge in [0, 0.05) is 35.2 Å². The summed E-state index contributed by atoms with van der Waals surface area (Å²) in [5, 5.41) is 23.9. The standard InChI is InChI=1S/C37H45F5O7/c1-31(2)21-48-34(49-22-31)15-12-28-30-25(11-14-33(28,44)20-34)27-13-16-35(45,36(38,39)37(40,41)42)32(27,3)18-26(30)24-9-7-23(8-10-24)6-5-17-47-19-29(43)46-4/h7-10,25-27,44-45H,11-22H2,1-4H3/t25?,26-,27?,32+,33?,35+/m1/s1. The number of carbonyl (C=O) groups excluding carboxylic acids is 1. The Morgan fingerprint density at radius 3 is 2.31 bits per heavy atom. The van der Waals surface area contributed by atoms with Crippen LogP contribution < -0.4 is 0 Å². The normalized spacial score (nSPS) is 35.1. The summed E-state index contributed by atoms with van der Waals surface area (Å²) in [4.78, 5) is 11.2. The number of halogens is 5. The molecule has 7 nitrogen and oxygen atoms in total. The molecule has 49 heavy (non-hydrogen) atoms. The van der Waals surface area contributed by atoms with Gasteiger partial charge >= 0.3 is 18.1 Å². The van der Waals surface area contributed by atoms with E-state index in [1.54, 1.807) is 24.3 Å². The molecule has 1 aromatic carbocycles. The number of fused-ring (bicyclic) bond motifs is 4. The SMILES string of the molecule is COC(=O)COCC#Cc1ccc([C@H]2C[C@@]3(C)C(CC[C@@]3(O)C(F)(F)C(F)(F)F)C3CCC4(O)CC5(CCC4=C32)OCC(C)(C)CO5)cc1. The van der Waals surface area contributed by atoms with E-state index < -0.39 is 64.6 Å². The fourth-order valence-corrected chi connectivity index (χ4v) is 9.49. The van der Waals surface area contributed by atoms with Crippen LogP contribution in [0.25, 0.3) is 0 Å². The lowest BCUT2D eigenvalue weighted by atomic mass is 9.49. The summed E-state index contributed by atoms with van der Waals surface area (Å²) in [6, 6.07) is 7.03. The summed E-state index contributed by atoms with van der Waals surface area (Å²) in [7, 11) is 1.25. The highest BCUT2D eigenvalue weighted by Crippen LogP contribution is 2.71. The number of allylic oxidation sites excluding steroid dienone is 1. The summed E-state index contributed by atoms with van der Waals surface area (Å²) in [6.07, 6.45) is -4.95. The van der Waals surface area contributed by atoms with Gasteiger partial charge in [-0.1, -0.05) is 50.3 Å². The number of esters is 1. The molecule has 1 spiro atoms. The first-order valence-electron chi connectivity index (χ1n) is 16.9. The number of carbonyl (C=O) groups is 1. The molecule has 5 aliphatic rings. The summed E-state index contributed by atoms with van der Waals surface area (Å²) in [5.74, 6) is -2.72. The summed E-state index contributed by atoms with van der Waals surface area (Å²) in [6.45, 7) is 6.16. The maximum atomic E-state index is 15.4. The van der Waals surface area contributed by atoms with Gasteiger partial charge in [0.25, 0.3) is 0 Å². The zero-order valence-electron chi connectivity index (χ0n) is 28.4. The van der Waals surface area contributed by atoms with Crippen molar-refractivity contribution in [2.45, 2.75) is 107 Å². The minimum absolute atomic E-state index is 0.0169. The maximum absolute atomic E-state index is 15.4. The van der Waals surface area contributed by atoms with E-state index in [1.165, 1.54) is 14.0 Å². The molecule has 4 fully saturated rings. The van der Waals surface area contributed by atoms with Gasteiger partial charge in [0.05, 0.1) is 25.9 Å². The lowest BCUT2D eigenvalue weighted by molar-refractivity contribution is -0.362. The van der Waals surface area contributed by atoms with Gasteiger partial charge in [0.1, 0.15) is 18.8 Å². The Morgan fingerprint density at radius 1 is 1.00 bits per heavy atom. The van der Waals surface area contributed by atoms with Gasteiger partial charge in [-0.2, -0.15) is 22.0 Å². The highest BCUT2D eigenvalue weighted by Gasteiger charge is 2.79. The lowest BCUT2D eigenvalue weighted by Crippen LogP contribution is -2.65. The number of alkyl halides is 5. The van der Waals surface area contributed by atoms with E-state index in [0.29, 0.717) is 43.6 Å². The first-order chi connectivity index (χ1) is 22.8. The van der Waals surface area contributed by atoms with E-state index in [4.69, 9.17) is 14.2 Å². The van der Waals surface area contributed by atoms with Crippen LogP contribution >= 0.6 is 0 Å². The fraction of sp³-hybridized carbons (Fsp3) is 0.703. The number of hydrogen-bond acceptors (Lipinski definition) is 7. The van der Waals surface area contributed by atoms with Gasteiger partial charge in [-0.25, -0.2) is 4.79 Å². The second-order valence-electron chi connectivity index (χ2n) is 15.7. The van der Waals surface area contributed by atoms with Crippen LogP contribution in [0.2, 0.25) is 0 Å². The Morgan fingerprint density at radius 2 is 1.67 bits per heavy atom. The first kappa shape index (κ1) is 36.2. The molecule has 1 aliphatic heterocycles. The summed E-state index contributed by atoms with van der Waals surface area (Å²) < 4.78 is 94.8. The summed E-state index contributed by atoms with van der Waals surface area (Å²) in [5.41, 5.74) is -3.57. The van der Waals surface area contributed by atoms with Crippen molar-refractivity contribution in [2.75, 3.05) is 33.5 Å². The fourth-order valence-electron chi connectivity index (χ4n) is 9.49. The average Bonchev–Trinajstić information content (AvgIpc) is 3.32. The van der Waals surface area contributed by atoms with Crippen molar-refractivity contribution in [1.82, 2.24) is 0 Å². The molecule has 0 amide bonds. The van der Waals surface area contributed by atoms with Crippen molar-refractivity contribution in [2.24, 2.45) is 22.7 Å². The summed E-state index contributed by atoms with van der Waals surface area (Å²) >= 11 is 0. The van der Waals surface area contributed by atoms with Gasteiger partial charge in [-0.15, -0.1) is 0 Å². The quantitative estimate of drug-likeness (QED) is 0.120. The van der Waals surface area contributed by atoms with Gasteiger partial charge in [-0.3, -0.25) is 0 Å². The molecule has 6 rings (SSSR count). The van der Waals surface area contributed by atoms with E-state index in [-0.39, 0.29) is 44.3 Å². The van der Waals surface area contributed by atoms with E-state index in [0.717, 1.165) is 11.1 Å². The Hall–Kier alpha value is -2.56. The van der Waals surface area contributed by atoms with Gasteiger partial charge in [-0.05, 0) is 73.6 Å². The Balaban J connectivity index is 1.38. The molecule has 0 aromatic heterocycles. The molecule has 3 unspecified atom stereocenters. The zero-order chi connectivity index (χ0) is 35.7. The zero-order valence-corrected chi connectivity index (χ0v) is 28.4. The van der Waals surface area contributed by atoms with Crippen LogP contribution in [0.5, 0.6) is 0 Å². The van der Waals surface area contributed by atoms with Crippen LogP contribution in [-0.2, 0) is 23.7 Å². The smallest absolute Gasteiger partial charge is 0.456 e. The van der Waals surface area contributed by atoms with Gasteiger partial charge in [0.2, 0.25) is 0 Å². The molecule has 1 heterocycles. The molecule has 1 saturated heterocycles. The highest BCUT2D eigenvalue weighted by atomic mass is 19.4. The minimum atomic E-state index is -5.92. The van der Waals surface area contributed by atoms with Crippen LogP contribution in [0.4, 0.5) is 22.0 Å². The Labute approximate surface area is 283 Å². The third-order valence-corrected chi connectivity index (χ3v) is 12.1. The van der Waals surface area contributed by atoms with Crippen molar-refractivity contribution < 1.29 is 55.9 Å². The Bertz CT molecular complexity index is 1530. The molecule has 12 heteroatoms. The molecule has 4 aliphatic carbocycles.